The van der Waals surface area contributed by atoms with E-state index in [-0.39, 0.29) is 5.56 Å². The Labute approximate surface area is 158 Å². The molecule has 2 nitrogen and oxygen atoms in total. The summed E-state index contributed by atoms with van der Waals surface area (Å²) in [5.41, 5.74) is 4.06. The van der Waals surface area contributed by atoms with Crippen LogP contribution in [0.1, 0.15) is 43.2 Å². The first-order valence-electron chi connectivity index (χ1n) is 9.28. The predicted molar refractivity (Wildman–Crippen MR) is 105 cm³/mol. The van der Waals surface area contributed by atoms with Crippen LogP contribution < -0.4 is 10.6 Å². The molecule has 0 amide bonds. The number of alkyl halides is 3. The van der Waals surface area contributed by atoms with Crippen LogP contribution in [-0.2, 0) is 6.42 Å². The highest BCUT2D eigenvalue weighted by atomic mass is 19.4. The molecule has 0 bridgehead atoms. The van der Waals surface area contributed by atoms with Gasteiger partial charge in [-0.1, -0.05) is 30.8 Å². The highest BCUT2D eigenvalue weighted by molar-refractivity contribution is 5.51. The van der Waals surface area contributed by atoms with Gasteiger partial charge in [0.2, 0.25) is 0 Å². The van der Waals surface area contributed by atoms with Gasteiger partial charge >= 0.3 is 6.18 Å². The molecule has 2 N–H and O–H groups in total. The van der Waals surface area contributed by atoms with Gasteiger partial charge in [-0.05, 0) is 61.6 Å². The molecule has 1 saturated carbocycles. The SMILES string of the molecule is C=C(Cc1ccc(NC2CCC2)cc1)Nc1ccc(C(C)C(F)(F)F)cc1. The minimum atomic E-state index is -4.22. The van der Waals surface area contributed by atoms with Crippen LogP contribution in [0, 0.1) is 0 Å². The Hall–Kier alpha value is -2.43. The van der Waals surface area contributed by atoms with E-state index < -0.39 is 12.1 Å². The van der Waals surface area contributed by atoms with Crippen LogP contribution in [0.15, 0.2) is 60.8 Å². The van der Waals surface area contributed by atoms with Crippen LogP contribution in [0.2, 0.25) is 0 Å². The highest BCUT2D eigenvalue weighted by Crippen LogP contribution is 2.34. The van der Waals surface area contributed by atoms with E-state index in [1.54, 1.807) is 12.1 Å². The summed E-state index contributed by atoms with van der Waals surface area (Å²) in [4.78, 5) is 0. The van der Waals surface area contributed by atoms with E-state index >= 15 is 0 Å². The topological polar surface area (TPSA) is 24.1 Å². The third-order valence-corrected chi connectivity index (χ3v) is 5.07. The molecule has 27 heavy (non-hydrogen) atoms. The maximum atomic E-state index is 12.8. The summed E-state index contributed by atoms with van der Waals surface area (Å²) in [5.74, 6) is -1.47. The van der Waals surface area contributed by atoms with E-state index in [0.717, 1.165) is 22.6 Å². The summed E-state index contributed by atoms with van der Waals surface area (Å²) >= 11 is 0. The van der Waals surface area contributed by atoms with Crippen LogP contribution in [0.25, 0.3) is 0 Å². The average Bonchev–Trinajstić information content (AvgIpc) is 2.59. The van der Waals surface area contributed by atoms with Crippen LogP contribution in [0.3, 0.4) is 0 Å². The van der Waals surface area contributed by atoms with Crippen molar-refractivity contribution in [2.45, 2.75) is 50.7 Å². The van der Waals surface area contributed by atoms with Crippen molar-refractivity contribution in [2.75, 3.05) is 10.6 Å². The quantitative estimate of drug-likeness (QED) is 0.579. The maximum Gasteiger partial charge on any atom is 0.395 e. The molecule has 0 heterocycles. The summed E-state index contributed by atoms with van der Waals surface area (Å²) < 4.78 is 38.3. The van der Waals surface area contributed by atoms with Gasteiger partial charge in [-0.15, -0.1) is 0 Å². The molecule has 1 aliphatic rings. The Morgan fingerprint density at radius 1 is 1.04 bits per heavy atom. The van der Waals surface area contributed by atoms with Gasteiger partial charge in [0.15, 0.2) is 0 Å². The zero-order valence-corrected chi connectivity index (χ0v) is 15.4. The number of anilines is 2. The number of rotatable bonds is 7. The summed E-state index contributed by atoms with van der Waals surface area (Å²) in [7, 11) is 0. The lowest BCUT2D eigenvalue weighted by atomic mass is 9.93. The molecule has 1 unspecified atom stereocenters. The summed E-state index contributed by atoms with van der Waals surface area (Å²) in [6.07, 6.45) is 0.214. The maximum absolute atomic E-state index is 12.8. The van der Waals surface area contributed by atoms with Gasteiger partial charge in [0.25, 0.3) is 0 Å². The van der Waals surface area contributed by atoms with Crippen LogP contribution in [0.4, 0.5) is 24.5 Å². The van der Waals surface area contributed by atoms with Gasteiger partial charge in [0.05, 0.1) is 5.92 Å². The van der Waals surface area contributed by atoms with Crippen molar-refractivity contribution in [3.05, 3.63) is 71.9 Å². The van der Waals surface area contributed by atoms with Crippen LogP contribution >= 0.6 is 0 Å². The van der Waals surface area contributed by atoms with Crippen molar-refractivity contribution in [1.82, 2.24) is 0 Å². The number of benzene rings is 2. The molecular weight excluding hydrogens is 349 g/mol. The lowest BCUT2D eigenvalue weighted by molar-refractivity contribution is -0.146. The van der Waals surface area contributed by atoms with Gasteiger partial charge in [-0.3, -0.25) is 0 Å². The zero-order valence-electron chi connectivity index (χ0n) is 15.4. The fourth-order valence-electron chi connectivity index (χ4n) is 3.05. The molecule has 1 fully saturated rings. The van der Waals surface area contributed by atoms with E-state index in [1.807, 2.05) is 0 Å². The molecule has 2 aromatic rings. The first-order valence-corrected chi connectivity index (χ1v) is 9.28. The molecule has 0 saturated heterocycles. The Morgan fingerprint density at radius 3 is 2.15 bits per heavy atom. The van der Waals surface area contributed by atoms with E-state index in [4.69, 9.17) is 0 Å². The first kappa shape index (κ1) is 19.3. The minimum absolute atomic E-state index is 0.258. The zero-order chi connectivity index (χ0) is 19.4. The van der Waals surface area contributed by atoms with Gasteiger partial charge in [0.1, 0.15) is 0 Å². The van der Waals surface area contributed by atoms with E-state index in [9.17, 15) is 13.2 Å². The highest BCUT2D eigenvalue weighted by Gasteiger charge is 2.36. The molecule has 3 rings (SSSR count). The molecule has 2 aromatic carbocycles. The average molecular weight is 374 g/mol. The lowest BCUT2D eigenvalue weighted by Crippen LogP contribution is -2.26. The van der Waals surface area contributed by atoms with E-state index in [0.29, 0.717) is 12.5 Å². The number of halogens is 3. The summed E-state index contributed by atoms with van der Waals surface area (Å²) in [6.45, 7) is 5.20. The van der Waals surface area contributed by atoms with Crippen molar-refractivity contribution in [2.24, 2.45) is 0 Å². The lowest BCUT2D eigenvalue weighted by Gasteiger charge is -2.27. The van der Waals surface area contributed by atoms with Gasteiger partial charge in [-0.25, -0.2) is 0 Å². The summed E-state index contributed by atoms with van der Waals surface area (Å²) in [5, 5.41) is 6.67. The fraction of sp³-hybridized carbons (Fsp3) is 0.364. The Morgan fingerprint density at radius 2 is 1.63 bits per heavy atom. The second kappa shape index (κ2) is 8.07. The monoisotopic (exact) mass is 374 g/mol. The predicted octanol–water partition coefficient (Wildman–Crippen LogP) is 6.49. The van der Waals surface area contributed by atoms with Crippen molar-refractivity contribution >= 4 is 11.4 Å². The van der Waals surface area contributed by atoms with Gasteiger partial charge in [-0.2, -0.15) is 13.2 Å². The molecule has 1 aliphatic carbocycles. The second-order valence-corrected chi connectivity index (χ2v) is 7.26. The minimum Gasteiger partial charge on any atom is -0.382 e. The molecular formula is C22H25F3N2. The molecule has 5 heteroatoms. The number of hydrogen-bond donors (Lipinski definition) is 2. The smallest absolute Gasteiger partial charge is 0.382 e. The summed E-state index contributed by atoms with van der Waals surface area (Å²) in [6, 6.07) is 15.2. The van der Waals surface area contributed by atoms with Crippen LogP contribution in [-0.4, -0.2) is 12.2 Å². The van der Waals surface area contributed by atoms with Crippen molar-refractivity contribution in [1.29, 1.82) is 0 Å². The second-order valence-electron chi connectivity index (χ2n) is 7.26. The molecule has 1 atom stereocenters. The normalized spacial score (nSPS) is 15.7. The molecule has 0 aliphatic heterocycles. The molecule has 144 valence electrons. The number of allylic oxidation sites excluding steroid dienone is 1. The third-order valence-electron chi connectivity index (χ3n) is 5.07. The number of hydrogen-bond acceptors (Lipinski definition) is 2. The largest absolute Gasteiger partial charge is 0.395 e. The first-order chi connectivity index (χ1) is 12.8. The van der Waals surface area contributed by atoms with Crippen molar-refractivity contribution < 1.29 is 13.2 Å². The van der Waals surface area contributed by atoms with Crippen LogP contribution in [0.5, 0.6) is 0 Å². The number of nitrogens with one attached hydrogen (secondary N) is 2. The molecule has 0 spiro atoms. The molecule has 0 aromatic heterocycles. The Balaban J connectivity index is 1.52. The third kappa shape index (κ3) is 5.28. The van der Waals surface area contributed by atoms with E-state index in [1.165, 1.54) is 38.3 Å². The molecule has 0 radical (unpaired) electrons. The van der Waals surface area contributed by atoms with Crippen molar-refractivity contribution in [3.63, 3.8) is 0 Å². The standard InChI is InChI=1S/C22H25F3N2/c1-15(14-17-6-10-21(11-7-17)27-19-4-3-5-19)26-20-12-8-18(9-13-20)16(2)22(23,24)25/h6-13,16,19,26-27H,1,3-5,14H2,2H3. The Kier molecular flexibility index (Phi) is 5.78. The fourth-order valence-corrected chi connectivity index (χ4v) is 3.05. The van der Waals surface area contributed by atoms with Gasteiger partial charge < -0.3 is 10.6 Å². The van der Waals surface area contributed by atoms with Gasteiger partial charge in [0, 0.05) is 29.5 Å². The van der Waals surface area contributed by atoms with Crippen molar-refractivity contribution in [3.8, 4) is 0 Å². The van der Waals surface area contributed by atoms with E-state index in [2.05, 4.69) is 41.5 Å². The Bertz CT molecular complexity index is 760.